The van der Waals surface area contributed by atoms with Crippen LogP contribution in [-0.4, -0.2) is 44.3 Å². The fraction of sp³-hybridized carbons (Fsp3) is 0.235. The summed E-state index contributed by atoms with van der Waals surface area (Å²) in [5.74, 6) is -0.877. The number of sulfonamides is 1. The minimum atomic E-state index is -4.29. The maximum Gasteiger partial charge on any atom is 0.264 e. The van der Waals surface area contributed by atoms with Gasteiger partial charge in [0.15, 0.2) is 0 Å². The van der Waals surface area contributed by atoms with Crippen molar-refractivity contribution in [3.05, 3.63) is 128 Å². The topological polar surface area (TPSA) is 86.8 Å². The Labute approximate surface area is 290 Å². The summed E-state index contributed by atoms with van der Waals surface area (Å²) in [6.45, 7) is 3.57. The van der Waals surface area contributed by atoms with E-state index in [0.717, 1.165) is 9.87 Å². The average Bonchev–Trinajstić information content (AvgIpc) is 3.03. The molecule has 0 aliphatic rings. The predicted molar refractivity (Wildman–Crippen MR) is 186 cm³/mol. The van der Waals surface area contributed by atoms with E-state index < -0.39 is 28.5 Å². The maximum atomic E-state index is 14.5. The van der Waals surface area contributed by atoms with Gasteiger partial charge in [-0.05, 0) is 59.5 Å². The third-order valence-electron chi connectivity index (χ3n) is 7.11. The van der Waals surface area contributed by atoms with Gasteiger partial charge in [-0.25, -0.2) is 8.42 Å². The normalized spacial score (nSPS) is 12.1. The number of nitrogens with one attached hydrogen (secondary N) is 1. The summed E-state index contributed by atoms with van der Waals surface area (Å²) in [5, 5.41) is 3.98. The largest absolute Gasteiger partial charge is 0.354 e. The molecule has 0 unspecified atom stereocenters. The lowest BCUT2D eigenvalue weighted by molar-refractivity contribution is -0.140. The minimum absolute atomic E-state index is 0.0309. The van der Waals surface area contributed by atoms with Crippen molar-refractivity contribution in [2.45, 2.75) is 37.8 Å². The molecule has 0 spiro atoms. The highest BCUT2D eigenvalue weighted by Gasteiger charge is 2.35. The van der Waals surface area contributed by atoms with Gasteiger partial charge in [0.05, 0.1) is 20.6 Å². The fourth-order valence-electron chi connectivity index (χ4n) is 4.70. The van der Waals surface area contributed by atoms with E-state index in [2.05, 4.69) is 5.32 Å². The summed E-state index contributed by atoms with van der Waals surface area (Å²) in [5.41, 5.74) is 1.46. The quantitative estimate of drug-likeness (QED) is 0.152. The van der Waals surface area contributed by atoms with E-state index in [9.17, 15) is 18.0 Å². The molecule has 0 saturated carbocycles. The second-order valence-corrected chi connectivity index (χ2v) is 14.5. The molecule has 0 bridgehead atoms. The lowest BCUT2D eigenvalue weighted by atomic mass is 10.0. The zero-order valence-corrected chi connectivity index (χ0v) is 29.0. The van der Waals surface area contributed by atoms with Gasteiger partial charge < -0.3 is 10.2 Å². The molecule has 0 aliphatic carbocycles. The van der Waals surface area contributed by atoms with Crippen LogP contribution in [0.1, 0.15) is 25.0 Å². The van der Waals surface area contributed by atoms with Crippen molar-refractivity contribution < 1.29 is 18.0 Å². The highest BCUT2D eigenvalue weighted by Crippen LogP contribution is 2.31. The van der Waals surface area contributed by atoms with Crippen molar-refractivity contribution in [2.75, 3.05) is 17.4 Å². The predicted octanol–water partition coefficient (Wildman–Crippen LogP) is 7.91. The third-order valence-corrected chi connectivity index (χ3v) is 10.2. The van der Waals surface area contributed by atoms with Crippen molar-refractivity contribution in [1.29, 1.82) is 0 Å². The molecule has 0 heterocycles. The molecule has 0 aliphatic heterocycles. The second kappa shape index (κ2) is 16.0. The molecular weight excluding hydrogens is 688 g/mol. The molecule has 242 valence electrons. The zero-order valence-electron chi connectivity index (χ0n) is 25.2. The number of anilines is 1. The van der Waals surface area contributed by atoms with Crippen LogP contribution in [0.2, 0.25) is 20.1 Å². The van der Waals surface area contributed by atoms with E-state index in [0.29, 0.717) is 22.2 Å². The summed E-state index contributed by atoms with van der Waals surface area (Å²) >= 11 is 25.2. The lowest BCUT2D eigenvalue weighted by Crippen LogP contribution is -2.53. The third kappa shape index (κ3) is 9.17. The SMILES string of the molecule is CC(C)CNC(=O)[C@@H](Cc1ccccc1)N(Cc1ccc(Cl)cc1Cl)C(=O)CN(c1ccc(Cl)c(Cl)c1)S(=O)(=O)c1ccccc1. The first kappa shape index (κ1) is 35.6. The molecular formula is C34H33Cl4N3O4S. The van der Waals surface area contributed by atoms with Crippen molar-refractivity contribution in [1.82, 2.24) is 10.2 Å². The van der Waals surface area contributed by atoms with Crippen molar-refractivity contribution >= 4 is 73.9 Å². The van der Waals surface area contributed by atoms with Crippen LogP contribution in [0.4, 0.5) is 5.69 Å². The van der Waals surface area contributed by atoms with Gasteiger partial charge in [-0.15, -0.1) is 0 Å². The van der Waals surface area contributed by atoms with Crippen molar-refractivity contribution in [3.63, 3.8) is 0 Å². The molecule has 4 aromatic rings. The number of benzene rings is 4. The first-order chi connectivity index (χ1) is 21.9. The van der Waals surface area contributed by atoms with Crippen LogP contribution in [0.25, 0.3) is 0 Å². The van der Waals surface area contributed by atoms with Gasteiger partial charge in [-0.2, -0.15) is 0 Å². The second-order valence-electron chi connectivity index (χ2n) is 11.0. The minimum Gasteiger partial charge on any atom is -0.354 e. The van der Waals surface area contributed by atoms with Crippen LogP contribution in [0.3, 0.4) is 0 Å². The molecule has 12 heteroatoms. The molecule has 0 radical (unpaired) electrons. The lowest BCUT2D eigenvalue weighted by Gasteiger charge is -2.34. The highest BCUT2D eigenvalue weighted by molar-refractivity contribution is 7.92. The molecule has 1 N–H and O–H groups in total. The summed E-state index contributed by atoms with van der Waals surface area (Å²) in [7, 11) is -4.29. The van der Waals surface area contributed by atoms with Gasteiger partial charge in [0.1, 0.15) is 12.6 Å². The van der Waals surface area contributed by atoms with Gasteiger partial charge in [-0.3, -0.25) is 13.9 Å². The molecule has 2 amide bonds. The molecule has 4 rings (SSSR count). The van der Waals surface area contributed by atoms with Crippen molar-refractivity contribution in [2.24, 2.45) is 5.92 Å². The monoisotopic (exact) mass is 719 g/mol. The Morgan fingerprint density at radius 3 is 2.04 bits per heavy atom. The van der Waals surface area contributed by atoms with E-state index in [-0.39, 0.29) is 45.4 Å². The first-order valence-electron chi connectivity index (χ1n) is 14.4. The zero-order chi connectivity index (χ0) is 33.4. The van der Waals surface area contributed by atoms with E-state index in [1.165, 1.54) is 35.2 Å². The van der Waals surface area contributed by atoms with Gasteiger partial charge in [0, 0.05) is 29.6 Å². The number of carbonyl (C=O) groups is 2. The van der Waals surface area contributed by atoms with Crippen LogP contribution in [-0.2, 0) is 32.6 Å². The summed E-state index contributed by atoms with van der Waals surface area (Å²) in [4.78, 5) is 29.7. The number of halogens is 4. The Kier molecular flexibility index (Phi) is 12.4. The Bertz CT molecular complexity index is 1770. The number of rotatable bonds is 13. The summed E-state index contributed by atoms with van der Waals surface area (Å²) in [6.07, 6.45) is 0.167. The number of nitrogens with zero attached hydrogens (tertiary/aromatic N) is 2. The standard InChI is InChI=1S/C34H33Cl4N3O4S/c1-23(2)20-39-34(43)32(17-24-9-5-3-6-10-24)40(21-25-13-14-26(35)18-30(25)37)33(42)22-41(27-15-16-29(36)31(38)19-27)46(44,45)28-11-7-4-8-12-28/h3-16,18-19,23,32H,17,20-22H2,1-2H3,(H,39,43)/t32-/m1/s1. The van der Waals surface area contributed by atoms with E-state index in [1.54, 1.807) is 36.4 Å². The molecule has 0 aromatic heterocycles. The van der Waals surface area contributed by atoms with Crippen LogP contribution >= 0.6 is 46.4 Å². The van der Waals surface area contributed by atoms with Gasteiger partial charge in [0.2, 0.25) is 11.8 Å². The molecule has 0 fully saturated rings. The van der Waals surface area contributed by atoms with Gasteiger partial charge in [0.25, 0.3) is 10.0 Å². The van der Waals surface area contributed by atoms with Gasteiger partial charge in [-0.1, -0.05) is 115 Å². The van der Waals surface area contributed by atoms with Crippen molar-refractivity contribution in [3.8, 4) is 0 Å². The fourth-order valence-corrected chi connectivity index (χ4v) is 6.89. The van der Waals surface area contributed by atoms with Crippen LogP contribution in [0.15, 0.2) is 102 Å². The summed E-state index contributed by atoms with van der Waals surface area (Å²) in [6, 6.07) is 25.2. The Hall–Kier alpha value is -3.27. The van der Waals surface area contributed by atoms with Crippen LogP contribution < -0.4 is 9.62 Å². The molecule has 4 aromatic carbocycles. The number of hydrogen-bond donors (Lipinski definition) is 1. The van der Waals surface area contributed by atoms with E-state index >= 15 is 0 Å². The maximum absolute atomic E-state index is 14.5. The first-order valence-corrected chi connectivity index (χ1v) is 17.4. The number of amides is 2. The molecule has 7 nitrogen and oxygen atoms in total. The van der Waals surface area contributed by atoms with Crippen LogP contribution in [0.5, 0.6) is 0 Å². The highest BCUT2D eigenvalue weighted by atomic mass is 35.5. The van der Waals surface area contributed by atoms with Gasteiger partial charge >= 0.3 is 0 Å². The Morgan fingerprint density at radius 2 is 1.43 bits per heavy atom. The molecule has 0 saturated heterocycles. The smallest absolute Gasteiger partial charge is 0.264 e. The van der Waals surface area contributed by atoms with E-state index in [1.807, 2.05) is 44.2 Å². The Balaban J connectivity index is 1.83. The summed E-state index contributed by atoms with van der Waals surface area (Å²) < 4.78 is 29.1. The molecule has 1 atom stereocenters. The number of carbonyl (C=O) groups excluding carboxylic acids is 2. The molecule has 46 heavy (non-hydrogen) atoms. The average molecular weight is 722 g/mol. The van der Waals surface area contributed by atoms with Crippen LogP contribution in [0, 0.1) is 5.92 Å². The van der Waals surface area contributed by atoms with E-state index in [4.69, 9.17) is 46.4 Å². The Morgan fingerprint density at radius 1 is 0.783 bits per heavy atom. The number of hydrogen-bond acceptors (Lipinski definition) is 4.